The second kappa shape index (κ2) is 14.4. The van der Waals surface area contributed by atoms with Gasteiger partial charge in [-0.05, 0) is 32.9 Å². The fourth-order valence-electron chi connectivity index (χ4n) is 1.48. The van der Waals surface area contributed by atoms with E-state index in [1.54, 1.807) is 25.6 Å². The van der Waals surface area contributed by atoms with Crippen molar-refractivity contribution >= 4 is 36.0 Å². The van der Waals surface area contributed by atoms with Gasteiger partial charge in [0.25, 0.3) is 0 Å². The maximum absolute atomic E-state index is 10.9. The van der Waals surface area contributed by atoms with E-state index in [1.165, 1.54) is 12.8 Å². The molecule has 2 atom stereocenters. The van der Waals surface area contributed by atoms with E-state index in [2.05, 4.69) is 26.5 Å². The van der Waals surface area contributed by atoms with Crippen molar-refractivity contribution in [1.82, 2.24) is 0 Å². The summed E-state index contributed by atoms with van der Waals surface area (Å²) < 4.78 is 0. The number of hydrogen-bond acceptors (Lipinski definition) is 4. The van der Waals surface area contributed by atoms with Crippen molar-refractivity contribution in [2.45, 2.75) is 76.7 Å². The first-order valence-corrected chi connectivity index (χ1v) is 8.92. The molecule has 0 saturated heterocycles. The molecule has 0 N–H and O–H groups in total. The molecule has 19 heavy (non-hydrogen) atoms. The Morgan fingerprint density at radius 1 is 1.00 bits per heavy atom. The fourth-order valence-corrected chi connectivity index (χ4v) is 2.39. The monoisotopic (exact) mass is 306 g/mol. The summed E-state index contributed by atoms with van der Waals surface area (Å²) in [4.78, 5) is 21.4. The zero-order valence-electron chi connectivity index (χ0n) is 13.1. The molecular formula is C15H30O2S2. The topological polar surface area (TPSA) is 34.1 Å². The molecule has 4 heteroatoms. The van der Waals surface area contributed by atoms with Crippen molar-refractivity contribution in [2.24, 2.45) is 0 Å². The molecule has 0 heterocycles. The first-order chi connectivity index (χ1) is 8.90. The molecule has 0 rings (SSSR count). The molecule has 0 spiro atoms. The van der Waals surface area contributed by atoms with E-state index in [9.17, 15) is 9.59 Å². The van der Waals surface area contributed by atoms with Gasteiger partial charge in [0.05, 0.1) is 10.5 Å². The predicted octanol–water partition coefficient (Wildman–Crippen LogP) is 4.56. The summed E-state index contributed by atoms with van der Waals surface area (Å²) in [5, 5.41) is 0.227. The molecule has 2 unspecified atom stereocenters. The van der Waals surface area contributed by atoms with E-state index >= 15 is 0 Å². The van der Waals surface area contributed by atoms with Crippen molar-refractivity contribution in [3.63, 3.8) is 0 Å². The number of thioether (sulfide) groups is 1. The SMILES string of the molecule is CCCCC(S)C(C)=O.CCCCC(SC)C(C)=O. The maximum Gasteiger partial charge on any atom is 0.142 e. The number of unbranched alkanes of at least 4 members (excludes halogenated alkanes) is 2. The zero-order valence-corrected chi connectivity index (χ0v) is 14.8. The molecule has 0 aromatic rings. The Morgan fingerprint density at radius 2 is 1.47 bits per heavy atom. The highest BCUT2D eigenvalue weighted by molar-refractivity contribution is 7.99. The van der Waals surface area contributed by atoms with E-state index in [4.69, 9.17) is 0 Å². The third kappa shape index (κ3) is 14.3. The standard InChI is InChI=1S/C8H16OS.C7H14OS/c1-4-5-6-8(10-3)7(2)9;1-3-4-5-7(9)6(2)8/h8H,4-6H2,1-3H3;7,9H,3-5H2,1-2H3. The first kappa shape index (κ1) is 21.3. The molecule has 0 aliphatic carbocycles. The number of ketones is 2. The van der Waals surface area contributed by atoms with Crippen LogP contribution in [-0.4, -0.2) is 28.3 Å². The van der Waals surface area contributed by atoms with Crippen molar-refractivity contribution in [3.8, 4) is 0 Å². The number of Topliss-reactive ketones (excluding diaryl/α,β-unsaturated/α-hetero) is 2. The third-order valence-corrected chi connectivity index (χ3v) is 4.62. The van der Waals surface area contributed by atoms with Crippen LogP contribution < -0.4 is 0 Å². The van der Waals surface area contributed by atoms with Gasteiger partial charge in [-0.2, -0.15) is 24.4 Å². The number of rotatable bonds is 9. The molecule has 0 radical (unpaired) electrons. The van der Waals surface area contributed by atoms with Crippen LogP contribution in [0.2, 0.25) is 0 Å². The van der Waals surface area contributed by atoms with E-state index in [1.807, 2.05) is 6.26 Å². The van der Waals surface area contributed by atoms with Crippen LogP contribution in [0.1, 0.15) is 66.2 Å². The highest BCUT2D eigenvalue weighted by atomic mass is 32.2. The quantitative estimate of drug-likeness (QED) is 0.634. The Bertz CT molecular complexity index is 242. The lowest BCUT2D eigenvalue weighted by atomic mass is 10.1. The molecule has 0 aliphatic heterocycles. The Labute approximate surface area is 128 Å². The van der Waals surface area contributed by atoms with Gasteiger partial charge in [0, 0.05) is 0 Å². The summed E-state index contributed by atoms with van der Waals surface area (Å²) in [6, 6.07) is 0. The Morgan fingerprint density at radius 3 is 1.79 bits per heavy atom. The summed E-state index contributed by atoms with van der Waals surface area (Å²) >= 11 is 5.78. The number of carbonyl (C=O) groups excluding carboxylic acids is 2. The van der Waals surface area contributed by atoms with E-state index in [0.29, 0.717) is 5.78 Å². The molecule has 0 aliphatic rings. The first-order valence-electron chi connectivity index (χ1n) is 7.12. The van der Waals surface area contributed by atoms with E-state index < -0.39 is 0 Å². The smallest absolute Gasteiger partial charge is 0.142 e. The van der Waals surface area contributed by atoms with Gasteiger partial charge in [-0.25, -0.2) is 0 Å². The lowest BCUT2D eigenvalue weighted by Gasteiger charge is -2.08. The second-order valence-corrected chi connectivity index (χ2v) is 6.41. The van der Waals surface area contributed by atoms with E-state index in [-0.39, 0.29) is 16.3 Å². The highest BCUT2D eigenvalue weighted by Gasteiger charge is 2.10. The molecular weight excluding hydrogens is 276 g/mol. The predicted molar refractivity (Wildman–Crippen MR) is 90.5 cm³/mol. The lowest BCUT2D eigenvalue weighted by molar-refractivity contribution is -0.117. The van der Waals surface area contributed by atoms with Gasteiger partial charge in [-0.1, -0.05) is 39.5 Å². The van der Waals surface area contributed by atoms with Gasteiger partial charge in [0.2, 0.25) is 0 Å². The molecule has 0 aromatic carbocycles. The summed E-state index contributed by atoms with van der Waals surface area (Å²) in [6.07, 6.45) is 8.58. The molecule has 2 nitrogen and oxygen atoms in total. The average molecular weight is 307 g/mol. The van der Waals surface area contributed by atoms with Gasteiger partial charge < -0.3 is 0 Å². The number of hydrogen-bond donors (Lipinski definition) is 1. The van der Waals surface area contributed by atoms with Crippen LogP contribution in [0.4, 0.5) is 0 Å². The number of carbonyl (C=O) groups is 2. The molecule has 0 amide bonds. The number of thiol groups is 1. The van der Waals surface area contributed by atoms with Crippen molar-refractivity contribution in [2.75, 3.05) is 6.26 Å². The van der Waals surface area contributed by atoms with Gasteiger partial charge in [-0.15, -0.1) is 0 Å². The summed E-state index contributed by atoms with van der Waals surface area (Å²) in [6.45, 7) is 7.53. The third-order valence-electron chi connectivity index (χ3n) is 2.86. The van der Waals surface area contributed by atoms with Crippen LogP contribution in [0.3, 0.4) is 0 Å². The summed E-state index contributed by atoms with van der Waals surface area (Å²) in [5.74, 6) is 0.507. The minimum absolute atomic E-state index is 0.0232. The molecule has 114 valence electrons. The van der Waals surface area contributed by atoms with Gasteiger partial charge in [-0.3, -0.25) is 9.59 Å². The van der Waals surface area contributed by atoms with E-state index in [0.717, 1.165) is 25.7 Å². The average Bonchev–Trinajstić information content (AvgIpc) is 2.37. The molecule has 0 aromatic heterocycles. The molecule has 0 saturated carbocycles. The van der Waals surface area contributed by atoms with Crippen molar-refractivity contribution < 1.29 is 9.59 Å². The molecule has 0 bridgehead atoms. The van der Waals surface area contributed by atoms with Crippen LogP contribution in [0, 0.1) is 0 Å². The Hall–Kier alpha value is 0.0400. The van der Waals surface area contributed by atoms with Crippen molar-refractivity contribution in [3.05, 3.63) is 0 Å². The fraction of sp³-hybridized carbons (Fsp3) is 0.867. The van der Waals surface area contributed by atoms with Gasteiger partial charge >= 0.3 is 0 Å². The minimum Gasteiger partial charge on any atom is -0.299 e. The second-order valence-electron chi connectivity index (χ2n) is 4.75. The normalized spacial score (nSPS) is 13.2. The van der Waals surface area contributed by atoms with Crippen LogP contribution in [0.5, 0.6) is 0 Å². The van der Waals surface area contributed by atoms with Crippen LogP contribution in [0.15, 0.2) is 0 Å². The van der Waals surface area contributed by atoms with Crippen molar-refractivity contribution in [1.29, 1.82) is 0 Å². The largest absolute Gasteiger partial charge is 0.299 e. The summed E-state index contributed by atoms with van der Waals surface area (Å²) in [7, 11) is 0. The maximum atomic E-state index is 10.9. The summed E-state index contributed by atoms with van der Waals surface area (Å²) in [5.41, 5.74) is 0. The Balaban J connectivity index is 0. The zero-order chi connectivity index (χ0) is 15.3. The highest BCUT2D eigenvalue weighted by Crippen LogP contribution is 2.14. The lowest BCUT2D eigenvalue weighted by Crippen LogP contribution is -2.12. The van der Waals surface area contributed by atoms with Crippen LogP contribution >= 0.6 is 24.4 Å². The van der Waals surface area contributed by atoms with Gasteiger partial charge in [0.15, 0.2) is 0 Å². The molecule has 0 fully saturated rings. The Kier molecular flexibility index (Phi) is 16.2. The minimum atomic E-state index is -0.0232. The van der Waals surface area contributed by atoms with Gasteiger partial charge in [0.1, 0.15) is 11.6 Å². The van der Waals surface area contributed by atoms with Crippen LogP contribution in [0.25, 0.3) is 0 Å². The van der Waals surface area contributed by atoms with Crippen LogP contribution in [-0.2, 0) is 9.59 Å².